The van der Waals surface area contributed by atoms with Crippen LogP contribution >= 0.6 is 0 Å². The van der Waals surface area contributed by atoms with E-state index < -0.39 is 15.4 Å². The van der Waals surface area contributed by atoms with Crippen LogP contribution in [0.15, 0.2) is 41.4 Å². The molecule has 0 fully saturated rings. The molecule has 0 aliphatic carbocycles. The molecule has 2 aromatic rings. The van der Waals surface area contributed by atoms with Crippen LogP contribution in [-0.4, -0.2) is 29.9 Å². The highest BCUT2D eigenvalue weighted by atomic mass is 32.2. The third-order valence-corrected chi connectivity index (χ3v) is 5.66. The molecule has 1 aromatic carbocycles. The van der Waals surface area contributed by atoms with Gasteiger partial charge in [-0.3, -0.25) is 0 Å². The molecular formula is C18H24N2O3S. The summed E-state index contributed by atoms with van der Waals surface area (Å²) in [6, 6.07) is 8.65. The molecule has 0 saturated carbocycles. The van der Waals surface area contributed by atoms with E-state index in [1.165, 1.54) is 0 Å². The van der Waals surface area contributed by atoms with Crippen molar-refractivity contribution in [1.29, 1.82) is 0 Å². The maximum Gasteiger partial charge on any atom is 0.178 e. The normalized spacial score (nSPS) is 12.3. The van der Waals surface area contributed by atoms with Gasteiger partial charge in [0, 0.05) is 6.20 Å². The fourth-order valence-electron chi connectivity index (χ4n) is 2.53. The number of aryl methyl sites for hydroxylation is 1. The third-order valence-electron chi connectivity index (χ3n) is 3.86. The molecule has 0 amide bonds. The lowest BCUT2D eigenvalue weighted by Crippen LogP contribution is -2.20. The quantitative estimate of drug-likeness (QED) is 0.837. The van der Waals surface area contributed by atoms with E-state index in [1.807, 2.05) is 13.0 Å². The predicted molar refractivity (Wildman–Crippen MR) is 96.4 cm³/mol. The van der Waals surface area contributed by atoms with Crippen LogP contribution in [0.4, 0.5) is 5.82 Å². The molecule has 6 heteroatoms. The van der Waals surface area contributed by atoms with Crippen molar-refractivity contribution < 1.29 is 13.5 Å². The number of hydrogen-bond donors (Lipinski definition) is 2. The number of sulfone groups is 1. The highest BCUT2D eigenvalue weighted by Gasteiger charge is 2.19. The minimum atomic E-state index is -3.40. The highest BCUT2D eigenvalue weighted by Crippen LogP contribution is 2.28. The first kappa shape index (κ1) is 18.4. The number of nitrogens with zero attached hydrogens (tertiary/aromatic N) is 1. The van der Waals surface area contributed by atoms with Crippen molar-refractivity contribution in [3.05, 3.63) is 42.1 Å². The molecule has 0 spiro atoms. The molecule has 130 valence electrons. The van der Waals surface area contributed by atoms with Gasteiger partial charge < -0.3 is 10.8 Å². The van der Waals surface area contributed by atoms with Gasteiger partial charge in [0.2, 0.25) is 0 Å². The smallest absolute Gasteiger partial charge is 0.178 e. The second-order valence-electron chi connectivity index (χ2n) is 6.68. The molecular weight excluding hydrogens is 324 g/mol. The van der Waals surface area contributed by atoms with Gasteiger partial charge in [-0.1, -0.05) is 6.07 Å². The molecule has 1 heterocycles. The van der Waals surface area contributed by atoms with E-state index in [4.69, 9.17) is 5.73 Å². The molecule has 0 atom stereocenters. The summed E-state index contributed by atoms with van der Waals surface area (Å²) in [5, 5.41) is 9.73. The SMILES string of the molecule is Cc1ccc(S(=O)(=O)CCCC(C)(C)O)cc1-c1ccnc(N)c1. The van der Waals surface area contributed by atoms with Gasteiger partial charge in [0.1, 0.15) is 5.82 Å². The van der Waals surface area contributed by atoms with Crippen LogP contribution in [0.1, 0.15) is 32.3 Å². The van der Waals surface area contributed by atoms with Crippen molar-refractivity contribution >= 4 is 15.7 Å². The maximum absolute atomic E-state index is 12.6. The number of aromatic nitrogens is 1. The Hall–Kier alpha value is -1.92. The van der Waals surface area contributed by atoms with Gasteiger partial charge in [0.15, 0.2) is 9.84 Å². The summed E-state index contributed by atoms with van der Waals surface area (Å²) in [5.41, 5.74) is 7.50. The number of nitrogens with two attached hydrogens (primary N) is 1. The van der Waals surface area contributed by atoms with E-state index in [-0.39, 0.29) is 10.6 Å². The van der Waals surface area contributed by atoms with E-state index >= 15 is 0 Å². The number of nitrogen functional groups attached to an aromatic ring is 1. The van der Waals surface area contributed by atoms with Crippen molar-refractivity contribution in [3.8, 4) is 11.1 Å². The number of hydrogen-bond acceptors (Lipinski definition) is 5. The van der Waals surface area contributed by atoms with Crippen molar-refractivity contribution in [2.24, 2.45) is 0 Å². The number of rotatable bonds is 6. The van der Waals surface area contributed by atoms with Crippen molar-refractivity contribution in [1.82, 2.24) is 4.98 Å². The Kier molecular flexibility index (Phi) is 5.30. The second-order valence-corrected chi connectivity index (χ2v) is 8.79. The van der Waals surface area contributed by atoms with Crippen LogP contribution < -0.4 is 5.73 Å². The Bertz CT molecular complexity index is 824. The molecule has 1 aromatic heterocycles. The van der Waals surface area contributed by atoms with Crippen molar-refractivity contribution in [2.75, 3.05) is 11.5 Å². The first-order chi connectivity index (χ1) is 11.1. The van der Waals surface area contributed by atoms with Gasteiger partial charge in [0.05, 0.1) is 16.2 Å². The van der Waals surface area contributed by atoms with E-state index in [9.17, 15) is 13.5 Å². The molecule has 0 aliphatic heterocycles. The summed E-state index contributed by atoms with van der Waals surface area (Å²) in [6.45, 7) is 5.28. The van der Waals surface area contributed by atoms with E-state index in [0.29, 0.717) is 18.7 Å². The molecule has 2 rings (SSSR count). The summed E-state index contributed by atoms with van der Waals surface area (Å²) in [7, 11) is -3.40. The summed E-state index contributed by atoms with van der Waals surface area (Å²) >= 11 is 0. The average Bonchev–Trinajstić information content (AvgIpc) is 2.45. The van der Waals surface area contributed by atoms with Crippen LogP contribution in [0.5, 0.6) is 0 Å². The van der Waals surface area contributed by atoms with Gasteiger partial charge >= 0.3 is 0 Å². The minimum absolute atomic E-state index is 0.0119. The number of aliphatic hydroxyl groups is 1. The zero-order chi connectivity index (χ0) is 18.0. The lowest BCUT2D eigenvalue weighted by atomic mass is 10.0. The Morgan fingerprint density at radius 1 is 1.21 bits per heavy atom. The van der Waals surface area contributed by atoms with Crippen LogP contribution in [0.3, 0.4) is 0 Å². The Labute approximate surface area is 143 Å². The zero-order valence-corrected chi connectivity index (χ0v) is 15.1. The fourth-order valence-corrected chi connectivity index (χ4v) is 3.87. The zero-order valence-electron chi connectivity index (χ0n) is 14.3. The van der Waals surface area contributed by atoms with Crippen LogP contribution in [0.2, 0.25) is 0 Å². The number of benzene rings is 1. The predicted octanol–water partition coefficient (Wildman–Crippen LogP) is 2.96. The van der Waals surface area contributed by atoms with Crippen molar-refractivity contribution in [2.45, 2.75) is 44.1 Å². The summed E-state index contributed by atoms with van der Waals surface area (Å²) in [6.07, 6.45) is 2.46. The molecule has 0 bridgehead atoms. The molecule has 0 unspecified atom stereocenters. The molecule has 3 N–H and O–H groups in total. The number of anilines is 1. The Balaban J connectivity index is 2.30. The Morgan fingerprint density at radius 3 is 2.54 bits per heavy atom. The lowest BCUT2D eigenvalue weighted by Gasteiger charge is -2.16. The first-order valence-corrected chi connectivity index (χ1v) is 9.51. The third kappa shape index (κ3) is 4.79. The second kappa shape index (κ2) is 6.91. The molecule has 0 aliphatic rings. The fraction of sp³-hybridized carbons (Fsp3) is 0.389. The van der Waals surface area contributed by atoms with Gasteiger partial charge in [-0.25, -0.2) is 13.4 Å². The van der Waals surface area contributed by atoms with E-state index in [0.717, 1.165) is 16.7 Å². The largest absolute Gasteiger partial charge is 0.390 e. The summed E-state index contributed by atoms with van der Waals surface area (Å²) in [4.78, 5) is 4.25. The van der Waals surface area contributed by atoms with Gasteiger partial charge in [-0.05, 0) is 74.6 Å². The van der Waals surface area contributed by atoms with Crippen molar-refractivity contribution in [3.63, 3.8) is 0 Å². The maximum atomic E-state index is 12.6. The molecule has 5 nitrogen and oxygen atoms in total. The van der Waals surface area contributed by atoms with Gasteiger partial charge in [-0.15, -0.1) is 0 Å². The highest BCUT2D eigenvalue weighted by molar-refractivity contribution is 7.91. The van der Waals surface area contributed by atoms with E-state index in [2.05, 4.69) is 4.98 Å². The minimum Gasteiger partial charge on any atom is -0.390 e. The number of pyridine rings is 1. The van der Waals surface area contributed by atoms with Crippen LogP contribution in [0.25, 0.3) is 11.1 Å². The first-order valence-electron chi connectivity index (χ1n) is 7.86. The molecule has 0 saturated heterocycles. The van der Waals surface area contributed by atoms with Crippen LogP contribution in [0, 0.1) is 6.92 Å². The molecule has 0 radical (unpaired) electrons. The topological polar surface area (TPSA) is 93.3 Å². The van der Waals surface area contributed by atoms with Gasteiger partial charge in [0.25, 0.3) is 0 Å². The van der Waals surface area contributed by atoms with Gasteiger partial charge in [-0.2, -0.15) is 0 Å². The standard InChI is InChI=1S/C18H24N2O3S/c1-13-5-6-15(24(22,23)10-4-8-18(2,3)21)12-16(13)14-7-9-20-17(19)11-14/h5-7,9,11-12,21H,4,8,10H2,1-3H3,(H2,19,20). The van der Waals surface area contributed by atoms with E-state index in [1.54, 1.807) is 44.3 Å². The van der Waals surface area contributed by atoms with Crippen LogP contribution in [-0.2, 0) is 9.84 Å². The average molecular weight is 348 g/mol. The summed E-state index contributed by atoms with van der Waals surface area (Å²) < 4.78 is 25.1. The monoisotopic (exact) mass is 348 g/mol. The molecule has 24 heavy (non-hydrogen) atoms. The Morgan fingerprint density at radius 2 is 1.92 bits per heavy atom. The lowest BCUT2D eigenvalue weighted by molar-refractivity contribution is 0.0705. The summed E-state index contributed by atoms with van der Waals surface area (Å²) in [5.74, 6) is 0.406.